The molecular weight excluding hydrogens is 385 g/mol. The smallest absolute Gasteiger partial charge is 0.279 e. The number of amides is 2. The van der Waals surface area contributed by atoms with E-state index in [1.54, 1.807) is 6.07 Å². The molecule has 8 nitrogen and oxygen atoms in total. The average Bonchev–Trinajstić information content (AvgIpc) is 2.61. The van der Waals surface area contributed by atoms with E-state index in [0.717, 1.165) is 6.07 Å². The zero-order valence-corrected chi connectivity index (χ0v) is 14.9. The van der Waals surface area contributed by atoms with Crippen LogP contribution in [0.3, 0.4) is 0 Å². The summed E-state index contributed by atoms with van der Waals surface area (Å²) in [7, 11) is 0. The molecule has 0 bridgehead atoms. The van der Waals surface area contributed by atoms with Crippen molar-refractivity contribution in [1.82, 2.24) is 10.9 Å². The van der Waals surface area contributed by atoms with Gasteiger partial charge >= 0.3 is 0 Å². The molecule has 2 amide bonds. The third-order valence-corrected chi connectivity index (χ3v) is 3.72. The lowest BCUT2D eigenvalue weighted by atomic mass is 10.2. The summed E-state index contributed by atoms with van der Waals surface area (Å²) in [5.41, 5.74) is 4.12. The lowest BCUT2D eigenvalue weighted by Gasteiger charge is -2.16. The van der Waals surface area contributed by atoms with Gasteiger partial charge < -0.3 is 4.74 Å². The summed E-state index contributed by atoms with van der Waals surface area (Å²) in [5.74, 6) is -1.10. The summed E-state index contributed by atoms with van der Waals surface area (Å²) in [6.07, 6.45) is -0.973. The number of hydrogen-bond donors (Lipinski definition) is 2. The molecule has 0 saturated carbocycles. The van der Waals surface area contributed by atoms with Crippen LogP contribution in [0.5, 0.6) is 5.75 Å². The Labute approximate surface area is 158 Å². The Hall–Kier alpha value is -2.84. The molecule has 0 heterocycles. The molecule has 0 unspecified atom stereocenters. The van der Waals surface area contributed by atoms with Gasteiger partial charge in [-0.3, -0.25) is 30.6 Å². The summed E-state index contributed by atoms with van der Waals surface area (Å²) in [6, 6.07) is 9.61. The molecule has 0 aliphatic heterocycles. The third-order valence-electron chi connectivity index (χ3n) is 3.19. The minimum absolute atomic E-state index is 0.0221. The van der Waals surface area contributed by atoms with E-state index in [1.165, 1.54) is 37.3 Å². The number of nitro benzene ring substituents is 1. The molecule has 1 atom stereocenters. The lowest BCUT2D eigenvalue weighted by molar-refractivity contribution is -0.384. The second kappa shape index (κ2) is 8.50. The Morgan fingerprint density at radius 1 is 1.15 bits per heavy atom. The van der Waals surface area contributed by atoms with Crippen molar-refractivity contribution >= 4 is 40.7 Å². The number of ether oxygens (including phenoxy) is 1. The number of hydrazine groups is 1. The molecule has 2 N–H and O–H groups in total. The van der Waals surface area contributed by atoms with E-state index in [9.17, 15) is 19.7 Å². The fourth-order valence-electron chi connectivity index (χ4n) is 1.87. The van der Waals surface area contributed by atoms with Gasteiger partial charge in [0.25, 0.3) is 17.5 Å². The van der Waals surface area contributed by atoms with Crippen molar-refractivity contribution < 1.29 is 19.2 Å². The Bertz CT molecular complexity index is 860. The average molecular weight is 398 g/mol. The highest BCUT2D eigenvalue weighted by molar-refractivity contribution is 6.35. The highest BCUT2D eigenvalue weighted by Gasteiger charge is 2.18. The molecule has 2 rings (SSSR count). The largest absolute Gasteiger partial charge is 0.479 e. The first-order chi connectivity index (χ1) is 12.3. The molecule has 26 heavy (non-hydrogen) atoms. The number of carbonyl (C=O) groups is 2. The van der Waals surface area contributed by atoms with Crippen LogP contribution in [0.4, 0.5) is 5.69 Å². The van der Waals surface area contributed by atoms with Crippen LogP contribution < -0.4 is 15.6 Å². The van der Waals surface area contributed by atoms with Crippen LogP contribution >= 0.6 is 23.2 Å². The highest BCUT2D eigenvalue weighted by Crippen LogP contribution is 2.28. The van der Waals surface area contributed by atoms with E-state index in [-0.39, 0.29) is 22.0 Å². The maximum atomic E-state index is 12.0. The van der Waals surface area contributed by atoms with E-state index in [4.69, 9.17) is 27.9 Å². The Morgan fingerprint density at radius 3 is 2.54 bits per heavy atom. The zero-order valence-electron chi connectivity index (χ0n) is 13.4. The molecule has 2 aromatic rings. The van der Waals surface area contributed by atoms with Gasteiger partial charge in [-0.2, -0.15) is 0 Å². The first kappa shape index (κ1) is 19.5. The van der Waals surface area contributed by atoms with Gasteiger partial charge in [-0.05, 0) is 31.2 Å². The molecule has 0 saturated heterocycles. The monoisotopic (exact) mass is 397 g/mol. The third kappa shape index (κ3) is 5.08. The molecule has 0 spiro atoms. The van der Waals surface area contributed by atoms with Crippen LogP contribution in [0.2, 0.25) is 10.0 Å². The molecule has 136 valence electrons. The predicted molar refractivity (Wildman–Crippen MR) is 95.3 cm³/mol. The van der Waals surface area contributed by atoms with Crippen LogP contribution in [0.15, 0.2) is 42.5 Å². The van der Waals surface area contributed by atoms with Gasteiger partial charge in [-0.25, -0.2) is 0 Å². The molecule has 10 heteroatoms. The van der Waals surface area contributed by atoms with Crippen LogP contribution in [-0.4, -0.2) is 22.8 Å². The van der Waals surface area contributed by atoms with Gasteiger partial charge in [0, 0.05) is 22.7 Å². The van der Waals surface area contributed by atoms with E-state index in [0.29, 0.717) is 5.02 Å². The second-order valence-corrected chi connectivity index (χ2v) is 5.93. The van der Waals surface area contributed by atoms with Crippen LogP contribution in [0.25, 0.3) is 0 Å². The minimum atomic E-state index is -0.973. The van der Waals surface area contributed by atoms with Crippen LogP contribution in [0.1, 0.15) is 17.3 Å². The van der Waals surface area contributed by atoms with E-state index >= 15 is 0 Å². The van der Waals surface area contributed by atoms with Gasteiger partial charge in [0.15, 0.2) is 6.10 Å². The first-order valence-corrected chi connectivity index (χ1v) is 8.00. The van der Waals surface area contributed by atoms with Gasteiger partial charge in [0.1, 0.15) is 5.75 Å². The minimum Gasteiger partial charge on any atom is -0.479 e. The van der Waals surface area contributed by atoms with Crippen molar-refractivity contribution in [2.24, 2.45) is 0 Å². The fraction of sp³-hybridized carbons (Fsp3) is 0.125. The van der Waals surface area contributed by atoms with Crippen molar-refractivity contribution in [2.75, 3.05) is 0 Å². The topological polar surface area (TPSA) is 111 Å². The zero-order chi connectivity index (χ0) is 19.3. The number of nitrogens with zero attached hydrogens (tertiary/aromatic N) is 1. The molecule has 0 radical (unpaired) electrons. The number of nitrogens with one attached hydrogen (secondary N) is 2. The normalized spacial score (nSPS) is 11.3. The molecule has 0 fully saturated rings. The predicted octanol–water partition coefficient (Wildman–Crippen LogP) is 3.13. The van der Waals surface area contributed by atoms with E-state index in [1.807, 2.05) is 0 Å². The number of halogens is 2. The van der Waals surface area contributed by atoms with E-state index < -0.39 is 22.8 Å². The SMILES string of the molecule is C[C@@H](Oc1ccc(Cl)cc1Cl)C(=O)NNC(=O)c1cccc([N+](=O)[O-])c1. The Morgan fingerprint density at radius 2 is 1.88 bits per heavy atom. The molecule has 0 aromatic heterocycles. The Kier molecular flexibility index (Phi) is 6.37. The van der Waals surface area contributed by atoms with E-state index in [2.05, 4.69) is 10.9 Å². The number of hydrogen-bond acceptors (Lipinski definition) is 5. The van der Waals surface area contributed by atoms with Crippen molar-refractivity contribution in [3.05, 3.63) is 68.2 Å². The quantitative estimate of drug-likeness (QED) is 0.594. The number of rotatable bonds is 5. The number of nitro groups is 1. The summed E-state index contributed by atoms with van der Waals surface area (Å²) >= 11 is 11.7. The van der Waals surface area contributed by atoms with Gasteiger partial charge in [0.05, 0.1) is 9.95 Å². The van der Waals surface area contributed by atoms with Crippen LogP contribution in [-0.2, 0) is 4.79 Å². The molecule has 2 aromatic carbocycles. The summed E-state index contributed by atoms with van der Waals surface area (Å²) in [5, 5.41) is 11.4. The van der Waals surface area contributed by atoms with Gasteiger partial charge in [-0.1, -0.05) is 29.3 Å². The molecule has 0 aliphatic rings. The second-order valence-electron chi connectivity index (χ2n) is 5.09. The van der Waals surface area contributed by atoms with Crippen LogP contribution in [0, 0.1) is 10.1 Å². The summed E-state index contributed by atoms with van der Waals surface area (Å²) < 4.78 is 5.41. The van der Waals surface area contributed by atoms with Crippen molar-refractivity contribution in [2.45, 2.75) is 13.0 Å². The maximum Gasteiger partial charge on any atom is 0.279 e. The number of carbonyl (C=O) groups excluding carboxylic acids is 2. The lowest BCUT2D eigenvalue weighted by Crippen LogP contribution is -2.47. The molecular formula is C16H13Cl2N3O5. The van der Waals surface area contributed by atoms with Gasteiger partial charge in [-0.15, -0.1) is 0 Å². The van der Waals surface area contributed by atoms with Crippen molar-refractivity contribution in [3.63, 3.8) is 0 Å². The van der Waals surface area contributed by atoms with Crippen molar-refractivity contribution in [1.29, 1.82) is 0 Å². The van der Waals surface area contributed by atoms with Gasteiger partial charge in [0.2, 0.25) is 0 Å². The highest BCUT2D eigenvalue weighted by atomic mass is 35.5. The van der Waals surface area contributed by atoms with Crippen molar-refractivity contribution in [3.8, 4) is 5.75 Å². The first-order valence-electron chi connectivity index (χ1n) is 7.24. The summed E-state index contributed by atoms with van der Waals surface area (Å²) in [4.78, 5) is 34.1. The standard InChI is InChI=1S/C16H13Cl2N3O5/c1-9(26-14-6-5-11(17)8-13(14)18)15(22)19-20-16(23)10-3-2-4-12(7-10)21(24)25/h2-9H,1H3,(H,19,22)(H,20,23)/t9-/m1/s1. The molecule has 0 aliphatic carbocycles. The number of benzene rings is 2. The summed E-state index contributed by atoms with van der Waals surface area (Å²) in [6.45, 7) is 1.46. The number of non-ortho nitro benzene ring substituents is 1. The maximum absolute atomic E-state index is 12.0. The fourth-order valence-corrected chi connectivity index (χ4v) is 2.32. The Balaban J connectivity index is 1.94.